The van der Waals surface area contributed by atoms with Crippen LogP contribution < -0.4 is 5.73 Å². The molecule has 15 heavy (non-hydrogen) atoms. The van der Waals surface area contributed by atoms with Crippen LogP contribution in [0.15, 0.2) is 22.7 Å². The molecule has 1 rings (SSSR count). The Labute approximate surface area is 105 Å². The largest absolute Gasteiger partial charge is 0.324 e. The normalized spacial score (nSPS) is 12.0. The van der Waals surface area contributed by atoms with Crippen molar-refractivity contribution >= 4 is 28.3 Å². The van der Waals surface area contributed by atoms with Gasteiger partial charge in [-0.05, 0) is 40.0 Å². The molecule has 1 nitrogen and oxygen atoms in total. The highest BCUT2D eigenvalue weighted by Gasteiger charge is 2.07. The Kier molecular flexibility index (Phi) is 7.14. The van der Waals surface area contributed by atoms with Crippen molar-refractivity contribution in [2.45, 2.75) is 32.2 Å². The van der Waals surface area contributed by atoms with Crippen molar-refractivity contribution in [2.24, 2.45) is 5.73 Å². The second-order valence-electron chi connectivity index (χ2n) is 3.42. The van der Waals surface area contributed by atoms with Crippen molar-refractivity contribution in [3.63, 3.8) is 0 Å². The lowest BCUT2D eigenvalue weighted by molar-refractivity contribution is 0.594. The molecule has 2 N–H and O–H groups in total. The topological polar surface area (TPSA) is 26.0 Å². The standard InChI is InChI=1S/C11H15BrFN.ClH/c1-2-3-4-11(14)8-5-6-10(13)9(12)7-8;/h5-7,11H,2-4,14H2,1H3;1H/t11-;/m0./s1. The molecule has 0 aromatic heterocycles. The van der Waals surface area contributed by atoms with Crippen LogP contribution in [-0.4, -0.2) is 0 Å². The fourth-order valence-corrected chi connectivity index (χ4v) is 1.73. The van der Waals surface area contributed by atoms with Gasteiger partial charge in [-0.2, -0.15) is 0 Å². The van der Waals surface area contributed by atoms with Crippen LogP contribution in [-0.2, 0) is 0 Å². The minimum atomic E-state index is -0.239. The summed E-state index contributed by atoms with van der Waals surface area (Å²) in [6, 6.07) is 4.98. The van der Waals surface area contributed by atoms with Gasteiger partial charge in [-0.3, -0.25) is 0 Å². The minimum Gasteiger partial charge on any atom is -0.324 e. The van der Waals surface area contributed by atoms with E-state index in [1.165, 1.54) is 6.07 Å². The lowest BCUT2D eigenvalue weighted by Crippen LogP contribution is -2.10. The number of unbranched alkanes of at least 4 members (excludes halogenated alkanes) is 1. The summed E-state index contributed by atoms with van der Waals surface area (Å²) in [4.78, 5) is 0. The van der Waals surface area contributed by atoms with Gasteiger partial charge >= 0.3 is 0 Å². The molecule has 0 aliphatic heterocycles. The Bertz CT molecular complexity index is 307. The maximum absolute atomic E-state index is 12.9. The third-order valence-corrected chi connectivity index (χ3v) is 2.85. The molecule has 0 saturated heterocycles. The first-order chi connectivity index (χ1) is 6.65. The van der Waals surface area contributed by atoms with Crippen LogP contribution in [0.3, 0.4) is 0 Å². The molecule has 1 aromatic rings. The zero-order valence-corrected chi connectivity index (χ0v) is 11.1. The first-order valence-electron chi connectivity index (χ1n) is 4.85. The van der Waals surface area contributed by atoms with E-state index >= 15 is 0 Å². The third kappa shape index (κ3) is 4.49. The van der Waals surface area contributed by atoms with Crippen LogP contribution in [0.5, 0.6) is 0 Å². The average Bonchev–Trinajstić information content (AvgIpc) is 2.18. The first kappa shape index (κ1) is 14.9. The summed E-state index contributed by atoms with van der Waals surface area (Å²) in [5.41, 5.74) is 6.95. The highest BCUT2D eigenvalue weighted by Crippen LogP contribution is 2.22. The summed E-state index contributed by atoms with van der Waals surface area (Å²) in [7, 11) is 0. The summed E-state index contributed by atoms with van der Waals surface area (Å²) in [5.74, 6) is -0.239. The number of hydrogen-bond acceptors (Lipinski definition) is 1. The maximum Gasteiger partial charge on any atom is 0.137 e. The Morgan fingerprint density at radius 1 is 1.47 bits per heavy atom. The van der Waals surface area contributed by atoms with Gasteiger partial charge in [0.2, 0.25) is 0 Å². The van der Waals surface area contributed by atoms with Crippen LogP contribution in [0, 0.1) is 5.82 Å². The van der Waals surface area contributed by atoms with E-state index in [9.17, 15) is 4.39 Å². The number of nitrogens with two attached hydrogens (primary N) is 1. The lowest BCUT2D eigenvalue weighted by atomic mass is 10.0. The molecule has 86 valence electrons. The molecule has 0 aliphatic carbocycles. The summed E-state index contributed by atoms with van der Waals surface area (Å²) >= 11 is 3.15. The summed E-state index contributed by atoms with van der Waals surface area (Å²) in [6.45, 7) is 2.13. The second-order valence-corrected chi connectivity index (χ2v) is 4.28. The van der Waals surface area contributed by atoms with Crippen LogP contribution in [0.2, 0.25) is 0 Å². The van der Waals surface area contributed by atoms with E-state index in [2.05, 4.69) is 22.9 Å². The van der Waals surface area contributed by atoms with Crippen molar-refractivity contribution in [2.75, 3.05) is 0 Å². The van der Waals surface area contributed by atoms with Crippen molar-refractivity contribution < 1.29 is 4.39 Å². The van der Waals surface area contributed by atoms with Gasteiger partial charge in [-0.25, -0.2) is 4.39 Å². The average molecular weight is 297 g/mol. The molecule has 0 fully saturated rings. The van der Waals surface area contributed by atoms with Gasteiger partial charge in [-0.1, -0.05) is 25.8 Å². The van der Waals surface area contributed by atoms with Crippen LogP contribution in [0.4, 0.5) is 4.39 Å². The van der Waals surface area contributed by atoms with Gasteiger partial charge < -0.3 is 5.73 Å². The fourth-order valence-electron chi connectivity index (χ4n) is 1.33. The Hall–Kier alpha value is -0.120. The summed E-state index contributed by atoms with van der Waals surface area (Å²) in [5, 5.41) is 0. The smallest absolute Gasteiger partial charge is 0.137 e. The molecular weight excluding hydrogens is 280 g/mol. The number of benzene rings is 1. The van der Waals surface area contributed by atoms with Crippen LogP contribution in [0.25, 0.3) is 0 Å². The van der Waals surface area contributed by atoms with Gasteiger partial charge in [0.15, 0.2) is 0 Å². The third-order valence-electron chi connectivity index (χ3n) is 2.24. The van der Waals surface area contributed by atoms with Gasteiger partial charge in [-0.15, -0.1) is 12.4 Å². The number of hydrogen-bond donors (Lipinski definition) is 1. The summed E-state index contributed by atoms with van der Waals surface area (Å²) < 4.78 is 13.4. The molecule has 0 radical (unpaired) electrons. The molecule has 0 bridgehead atoms. The predicted molar refractivity (Wildman–Crippen MR) is 67.8 cm³/mol. The molecule has 0 heterocycles. The highest BCUT2D eigenvalue weighted by atomic mass is 79.9. The maximum atomic E-state index is 12.9. The van der Waals surface area contributed by atoms with Gasteiger partial charge in [0, 0.05) is 6.04 Å². The molecule has 4 heteroatoms. The van der Waals surface area contributed by atoms with Crippen molar-refractivity contribution in [1.29, 1.82) is 0 Å². The Balaban J connectivity index is 0.00000196. The number of rotatable bonds is 4. The van der Waals surface area contributed by atoms with Gasteiger partial charge in [0.25, 0.3) is 0 Å². The molecule has 1 aromatic carbocycles. The van der Waals surface area contributed by atoms with E-state index in [-0.39, 0.29) is 24.3 Å². The van der Waals surface area contributed by atoms with Crippen LogP contribution >= 0.6 is 28.3 Å². The van der Waals surface area contributed by atoms with Crippen molar-refractivity contribution in [3.05, 3.63) is 34.1 Å². The molecule has 0 saturated carbocycles. The monoisotopic (exact) mass is 295 g/mol. The molecule has 0 aliphatic rings. The van der Waals surface area contributed by atoms with Crippen molar-refractivity contribution in [1.82, 2.24) is 0 Å². The van der Waals surface area contributed by atoms with Gasteiger partial charge in [0.05, 0.1) is 4.47 Å². The zero-order chi connectivity index (χ0) is 10.6. The van der Waals surface area contributed by atoms with E-state index in [1.807, 2.05) is 0 Å². The number of halogens is 3. The Morgan fingerprint density at radius 2 is 2.13 bits per heavy atom. The van der Waals surface area contributed by atoms with E-state index in [0.29, 0.717) is 4.47 Å². The van der Waals surface area contributed by atoms with E-state index in [0.717, 1.165) is 24.8 Å². The van der Waals surface area contributed by atoms with Crippen molar-refractivity contribution in [3.8, 4) is 0 Å². The first-order valence-corrected chi connectivity index (χ1v) is 5.65. The minimum absolute atomic E-state index is 0. The van der Waals surface area contributed by atoms with E-state index < -0.39 is 0 Å². The lowest BCUT2D eigenvalue weighted by Gasteiger charge is -2.11. The predicted octanol–water partition coefficient (Wildman–Crippen LogP) is 4.20. The molecule has 0 spiro atoms. The van der Waals surface area contributed by atoms with E-state index in [4.69, 9.17) is 5.73 Å². The SMILES string of the molecule is CCCC[C@H](N)c1ccc(F)c(Br)c1.Cl. The molecular formula is C11H16BrClFN. The summed E-state index contributed by atoms with van der Waals surface area (Å²) in [6.07, 6.45) is 3.20. The fraction of sp³-hybridized carbons (Fsp3) is 0.455. The highest BCUT2D eigenvalue weighted by molar-refractivity contribution is 9.10. The van der Waals surface area contributed by atoms with Crippen LogP contribution in [0.1, 0.15) is 37.8 Å². The molecule has 1 atom stereocenters. The second kappa shape index (κ2) is 7.20. The molecule has 0 amide bonds. The molecule has 0 unspecified atom stereocenters. The quantitative estimate of drug-likeness (QED) is 0.885. The zero-order valence-electron chi connectivity index (χ0n) is 8.67. The van der Waals surface area contributed by atoms with E-state index in [1.54, 1.807) is 12.1 Å². The van der Waals surface area contributed by atoms with Gasteiger partial charge in [0.1, 0.15) is 5.82 Å². The Morgan fingerprint density at radius 3 is 2.67 bits per heavy atom.